The van der Waals surface area contributed by atoms with Crippen molar-refractivity contribution in [3.05, 3.63) is 28.3 Å². The van der Waals surface area contributed by atoms with Crippen LogP contribution in [0.25, 0.3) is 28.0 Å². The Labute approximate surface area is 182 Å². The maximum Gasteiger partial charge on any atom is 0.233 e. The van der Waals surface area contributed by atoms with Crippen molar-refractivity contribution in [3.8, 4) is 5.95 Å². The van der Waals surface area contributed by atoms with Crippen LogP contribution in [0, 0.1) is 27.7 Å². The van der Waals surface area contributed by atoms with Crippen LogP contribution >= 0.6 is 0 Å². The van der Waals surface area contributed by atoms with Crippen LogP contribution in [0.15, 0.2) is 16.1 Å². The van der Waals surface area contributed by atoms with Gasteiger partial charge in [0.1, 0.15) is 10.5 Å². The molecule has 0 aliphatic carbocycles. The van der Waals surface area contributed by atoms with Gasteiger partial charge in [0.25, 0.3) is 0 Å². The Morgan fingerprint density at radius 1 is 1.03 bits per heavy atom. The van der Waals surface area contributed by atoms with E-state index in [4.69, 9.17) is 5.10 Å². The topological polar surface area (TPSA) is 113 Å². The fourth-order valence-corrected chi connectivity index (χ4v) is 5.32. The van der Waals surface area contributed by atoms with Gasteiger partial charge >= 0.3 is 0 Å². The summed E-state index contributed by atoms with van der Waals surface area (Å²) in [6, 6.07) is 1.39. The maximum atomic E-state index is 13.2. The number of imidazole rings is 1. The Balaban J connectivity index is 2.12. The van der Waals surface area contributed by atoms with Crippen LogP contribution in [0.5, 0.6) is 0 Å². The lowest BCUT2D eigenvalue weighted by Gasteiger charge is -2.11. The lowest BCUT2D eigenvalue weighted by molar-refractivity contribution is 0.596. The summed E-state index contributed by atoms with van der Waals surface area (Å²) in [5.41, 5.74) is 5.94. The van der Waals surface area contributed by atoms with Crippen LogP contribution in [0.4, 0.5) is 0 Å². The van der Waals surface area contributed by atoms with Gasteiger partial charge in [-0.2, -0.15) is 9.78 Å². The van der Waals surface area contributed by atoms with Crippen LogP contribution < -0.4 is 0 Å². The summed E-state index contributed by atoms with van der Waals surface area (Å²) >= 11 is 0. The van der Waals surface area contributed by atoms with Crippen molar-refractivity contribution >= 4 is 42.7 Å². The molecule has 4 aromatic rings. The van der Waals surface area contributed by atoms with Crippen LogP contribution in [-0.2, 0) is 27.7 Å². The molecule has 3 heterocycles. The highest BCUT2D eigenvalue weighted by molar-refractivity contribution is 7.90. The van der Waals surface area contributed by atoms with Crippen molar-refractivity contribution in [2.75, 3.05) is 12.0 Å². The Hall–Kier alpha value is -2.66. The van der Waals surface area contributed by atoms with Crippen LogP contribution in [0.1, 0.15) is 29.2 Å². The highest BCUT2D eigenvalue weighted by Gasteiger charge is 2.26. The van der Waals surface area contributed by atoms with Gasteiger partial charge in [-0.15, -0.1) is 10.2 Å². The number of hydrogen-bond acceptors (Lipinski definition) is 7. The number of benzene rings is 1. The van der Waals surface area contributed by atoms with Gasteiger partial charge in [-0.3, -0.25) is 8.78 Å². The standard InChI is InChI=1S/C20H24N6O3S2/c1-8-30(27)19-16-12(4)10(2)11(3)13(5)17(16)24-26(19)20-21-14-9-15(31(7,28)29)22-23-18(14)25(20)6/h9H,8H2,1-7H3. The van der Waals surface area contributed by atoms with E-state index in [0.717, 1.165) is 39.4 Å². The fraction of sp³-hybridized carbons (Fsp3) is 0.400. The summed E-state index contributed by atoms with van der Waals surface area (Å²) in [4.78, 5) is 4.60. The van der Waals surface area contributed by atoms with E-state index in [9.17, 15) is 12.6 Å². The number of rotatable bonds is 4. The minimum atomic E-state index is -3.52. The van der Waals surface area contributed by atoms with Crippen molar-refractivity contribution in [1.29, 1.82) is 0 Å². The fourth-order valence-electron chi connectivity index (χ4n) is 3.74. The third-order valence-electron chi connectivity index (χ3n) is 5.88. The summed E-state index contributed by atoms with van der Waals surface area (Å²) in [7, 11) is -3.09. The molecule has 0 aliphatic rings. The van der Waals surface area contributed by atoms with E-state index >= 15 is 0 Å². The average molecular weight is 461 g/mol. The first-order valence-electron chi connectivity index (χ1n) is 9.75. The molecular weight excluding hydrogens is 436 g/mol. The van der Waals surface area contributed by atoms with Gasteiger partial charge in [0.05, 0.1) is 16.3 Å². The first-order chi connectivity index (χ1) is 14.5. The van der Waals surface area contributed by atoms with Crippen molar-refractivity contribution in [2.24, 2.45) is 7.05 Å². The second-order valence-corrected chi connectivity index (χ2v) is 11.3. The Morgan fingerprint density at radius 3 is 2.29 bits per heavy atom. The van der Waals surface area contributed by atoms with Crippen molar-refractivity contribution < 1.29 is 12.6 Å². The molecule has 0 N–H and O–H groups in total. The number of fused-ring (bicyclic) bond motifs is 2. The lowest BCUT2D eigenvalue weighted by atomic mass is 9.96. The van der Waals surface area contributed by atoms with Crippen LogP contribution in [-0.4, -0.2) is 54.2 Å². The highest BCUT2D eigenvalue weighted by Crippen LogP contribution is 2.34. The van der Waals surface area contributed by atoms with Crippen LogP contribution in [0.2, 0.25) is 0 Å². The van der Waals surface area contributed by atoms with Gasteiger partial charge < -0.3 is 0 Å². The van der Waals surface area contributed by atoms with Gasteiger partial charge in [0.15, 0.2) is 20.5 Å². The molecule has 0 aliphatic heterocycles. The molecule has 164 valence electrons. The quantitative estimate of drug-likeness (QED) is 0.460. The Kier molecular flexibility index (Phi) is 5.01. The first kappa shape index (κ1) is 21.6. The SMILES string of the molecule is CCS(=O)c1c2c(C)c(C)c(C)c(C)c2nn1-c1nc2cc(S(C)(=O)=O)nnc2n1C. The van der Waals surface area contributed by atoms with E-state index < -0.39 is 20.6 Å². The Bertz CT molecular complexity index is 1520. The minimum Gasteiger partial charge on any atom is -0.295 e. The zero-order chi connectivity index (χ0) is 22.8. The summed E-state index contributed by atoms with van der Waals surface area (Å²) < 4.78 is 40.2. The van der Waals surface area contributed by atoms with E-state index in [1.165, 1.54) is 6.07 Å². The van der Waals surface area contributed by atoms with E-state index in [-0.39, 0.29) is 5.03 Å². The van der Waals surface area contributed by atoms with Gasteiger partial charge in [-0.05, 0) is 49.9 Å². The third kappa shape index (κ3) is 3.18. The molecule has 0 radical (unpaired) electrons. The second kappa shape index (κ2) is 7.20. The summed E-state index contributed by atoms with van der Waals surface area (Å²) in [6.07, 6.45) is 1.08. The van der Waals surface area contributed by atoms with E-state index in [0.29, 0.717) is 27.9 Å². The maximum absolute atomic E-state index is 13.2. The monoisotopic (exact) mass is 460 g/mol. The molecule has 11 heteroatoms. The van der Waals surface area contributed by atoms with Crippen LogP contribution in [0.3, 0.4) is 0 Å². The molecule has 0 saturated carbocycles. The normalized spacial score (nSPS) is 13.4. The third-order valence-corrected chi connectivity index (χ3v) is 8.17. The molecule has 0 spiro atoms. The molecule has 1 unspecified atom stereocenters. The Morgan fingerprint density at radius 2 is 1.68 bits per heavy atom. The molecule has 4 rings (SSSR count). The van der Waals surface area contributed by atoms with E-state index in [2.05, 4.69) is 29.0 Å². The summed E-state index contributed by atoms with van der Waals surface area (Å²) in [5.74, 6) is 0.825. The van der Waals surface area contributed by atoms with Crippen molar-refractivity contribution in [2.45, 2.75) is 44.7 Å². The molecule has 0 amide bonds. The zero-order valence-corrected chi connectivity index (χ0v) is 20.1. The molecule has 31 heavy (non-hydrogen) atoms. The molecule has 0 saturated heterocycles. The van der Waals surface area contributed by atoms with E-state index in [1.807, 2.05) is 20.8 Å². The van der Waals surface area contributed by atoms with Crippen molar-refractivity contribution in [1.82, 2.24) is 29.5 Å². The molecule has 1 aromatic carbocycles. The minimum absolute atomic E-state index is 0.148. The molecule has 0 fully saturated rings. The number of aryl methyl sites for hydroxylation is 3. The number of aromatic nitrogens is 6. The molecule has 0 bridgehead atoms. The van der Waals surface area contributed by atoms with E-state index in [1.54, 1.807) is 16.3 Å². The van der Waals surface area contributed by atoms with Gasteiger partial charge in [0.2, 0.25) is 5.95 Å². The summed E-state index contributed by atoms with van der Waals surface area (Å²) in [5, 5.41) is 14.0. The highest BCUT2D eigenvalue weighted by atomic mass is 32.2. The van der Waals surface area contributed by atoms with Crippen molar-refractivity contribution in [3.63, 3.8) is 0 Å². The molecular formula is C20H24N6O3S2. The zero-order valence-electron chi connectivity index (χ0n) is 18.5. The molecule has 1 atom stereocenters. The molecule has 3 aromatic heterocycles. The second-order valence-electron chi connectivity index (χ2n) is 7.71. The average Bonchev–Trinajstić information content (AvgIpc) is 3.27. The number of hydrogen-bond donors (Lipinski definition) is 0. The lowest BCUT2D eigenvalue weighted by Crippen LogP contribution is -2.11. The number of sulfone groups is 1. The van der Waals surface area contributed by atoms with Gasteiger partial charge in [0, 0.05) is 30.5 Å². The summed E-state index contributed by atoms with van der Waals surface area (Å²) in [6.45, 7) is 10.0. The molecule has 9 nitrogen and oxygen atoms in total. The largest absolute Gasteiger partial charge is 0.295 e. The predicted octanol–water partition coefficient (Wildman–Crippen LogP) is 2.47. The predicted molar refractivity (Wildman–Crippen MR) is 120 cm³/mol. The smallest absolute Gasteiger partial charge is 0.233 e. The van der Waals surface area contributed by atoms with Gasteiger partial charge in [-0.25, -0.2) is 13.4 Å². The van der Waals surface area contributed by atoms with Gasteiger partial charge in [-0.1, -0.05) is 6.92 Å². The number of nitrogens with zero attached hydrogens (tertiary/aromatic N) is 6. The first-order valence-corrected chi connectivity index (χ1v) is 13.0.